The Hall–Kier alpha value is -1.68. The number of carbonyl (C=O) groups excluding carboxylic acids is 1. The molecule has 0 fully saturated rings. The zero-order valence-electron chi connectivity index (χ0n) is 11.5. The first-order chi connectivity index (χ1) is 10.1. The SMILES string of the molecule is O=C1c2ccccc2CCCN1Cc1ccc(F)c(Br)c1. The Morgan fingerprint density at radius 1 is 1.19 bits per heavy atom. The van der Waals surface area contributed by atoms with Gasteiger partial charge in [-0.25, -0.2) is 4.39 Å². The summed E-state index contributed by atoms with van der Waals surface area (Å²) in [6.45, 7) is 1.23. The number of fused-ring (bicyclic) bond motifs is 1. The van der Waals surface area contributed by atoms with Crippen molar-refractivity contribution in [2.75, 3.05) is 6.54 Å². The largest absolute Gasteiger partial charge is 0.334 e. The smallest absolute Gasteiger partial charge is 0.254 e. The van der Waals surface area contributed by atoms with Crippen LogP contribution < -0.4 is 0 Å². The molecule has 0 radical (unpaired) electrons. The van der Waals surface area contributed by atoms with Crippen molar-refractivity contribution in [1.82, 2.24) is 4.90 Å². The topological polar surface area (TPSA) is 20.3 Å². The molecule has 2 nitrogen and oxygen atoms in total. The highest BCUT2D eigenvalue weighted by Crippen LogP contribution is 2.22. The summed E-state index contributed by atoms with van der Waals surface area (Å²) < 4.78 is 13.7. The molecule has 0 atom stereocenters. The van der Waals surface area contributed by atoms with Crippen LogP contribution in [0.4, 0.5) is 4.39 Å². The van der Waals surface area contributed by atoms with Gasteiger partial charge in [-0.05, 0) is 58.1 Å². The molecule has 0 aliphatic carbocycles. The van der Waals surface area contributed by atoms with Crippen LogP contribution in [0.2, 0.25) is 0 Å². The second kappa shape index (κ2) is 5.98. The number of amides is 1. The van der Waals surface area contributed by atoms with Crippen molar-refractivity contribution >= 4 is 21.8 Å². The second-order valence-electron chi connectivity index (χ2n) is 5.24. The van der Waals surface area contributed by atoms with Gasteiger partial charge in [0.2, 0.25) is 0 Å². The minimum atomic E-state index is -0.286. The van der Waals surface area contributed by atoms with Gasteiger partial charge in [-0.2, -0.15) is 0 Å². The quantitative estimate of drug-likeness (QED) is 0.798. The number of benzene rings is 2. The molecule has 108 valence electrons. The fourth-order valence-electron chi connectivity index (χ4n) is 2.69. The Labute approximate surface area is 131 Å². The number of hydrogen-bond donors (Lipinski definition) is 0. The lowest BCUT2D eigenvalue weighted by molar-refractivity contribution is 0.0749. The predicted molar refractivity (Wildman–Crippen MR) is 83.6 cm³/mol. The summed E-state index contributed by atoms with van der Waals surface area (Å²) in [7, 11) is 0. The number of halogens is 2. The van der Waals surface area contributed by atoms with E-state index in [1.165, 1.54) is 6.07 Å². The van der Waals surface area contributed by atoms with Crippen LogP contribution in [0.25, 0.3) is 0 Å². The minimum absolute atomic E-state index is 0.0588. The summed E-state index contributed by atoms with van der Waals surface area (Å²) in [5.74, 6) is -0.227. The first-order valence-electron chi connectivity index (χ1n) is 6.96. The van der Waals surface area contributed by atoms with Crippen molar-refractivity contribution < 1.29 is 9.18 Å². The summed E-state index contributed by atoms with van der Waals surface area (Å²) >= 11 is 3.19. The summed E-state index contributed by atoms with van der Waals surface area (Å²) in [5.41, 5.74) is 2.83. The van der Waals surface area contributed by atoms with Crippen molar-refractivity contribution in [1.29, 1.82) is 0 Å². The van der Waals surface area contributed by atoms with E-state index < -0.39 is 0 Å². The molecule has 21 heavy (non-hydrogen) atoms. The van der Waals surface area contributed by atoms with E-state index in [1.807, 2.05) is 29.2 Å². The number of hydrogen-bond acceptors (Lipinski definition) is 1. The van der Waals surface area contributed by atoms with Gasteiger partial charge in [-0.15, -0.1) is 0 Å². The molecule has 0 N–H and O–H groups in total. The number of aryl methyl sites for hydroxylation is 1. The van der Waals surface area contributed by atoms with E-state index in [-0.39, 0.29) is 11.7 Å². The third kappa shape index (κ3) is 3.00. The maximum absolute atomic E-state index is 13.3. The summed E-state index contributed by atoms with van der Waals surface area (Å²) in [5, 5.41) is 0. The van der Waals surface area contributed by atoms with Crippen LogP contribution in [0.3, 0.4) is 0 Å². The van der Waals surface area contributed by atoms with Crippen molar-refractivity contribution in [3.05, 3.63) is 69.4 Å². The monoisotopic (exact) mass is 347 g/mol. The van der Waals surface area contributed by atoms with Crippen LogP contribution in [-0.4, -0.2) is 17.4 Å². The van der Waals surface area contributed by atoms with Gasteiger partial charge in [-0.3, -0.25) is 4.79 Å². The standard InChI is InChI=1S/C17H15BrFNO/c18-15-10-12(7-8-16(15)19)11-20-9-3-5-13-4-1-2-6-14(13)17(20)21/h1-2,4,6-8,10H,3,5,9,11H2. The molecule has 0 saturated heterocycles. The highest BCUT2D eigenvalue weighted by molar-refractivity contribution is 9.10. The molecule has 2 aromatic rings. The van der Waals surface area contributed by atoms with Crippen LogP contribution in [0.5, 0.6) is 0 Å². The van der Waals surface area contributed by atoms with Gasteiger partial charge in [0.15, 0.2) is 0 Å². The van der Waals surface area contributed by atoms with Gasteiger partial charge in [0.05, 0.1) is 4.47 Å². The van der Waals surface area contributed by atoms with E-state index in [2.05, 4.69) is 15.9 Å². The normalized spacial score (nSPS) is 14.8. The lowest BCUT2D eigenvalue weighted by atomic mass is 10.0. The molecule has 2 aromatic carbocycles. The lowest BCUT2D eigenvalue weighted by Gasteiger charge is -2.21. The fraction of sp³-hybridized carbons (Fsp3) is 0.235. The minimum Gasteiger partial charge on any atom is -0.334 e. The number of nitrogens with zero attached hydrogens (tertiary/aromatic N) is 1. The first kappa shape index (κ1) is 14.3. The summed E-state index contributed by atoms with van der Waals surface area (Å²) in [4.78, 5) is 14.5. The third-order valence-electron chi connectivity index (χ3n) is 3.77. The van der Waals surface area contributed by atoms with Crippen molar-refractivity contribution in [3.63, 3.8) is 0 Å². The Balaban J connectivity index is 1.85. The first-order valence-corrected chi connectivity index (χ1v) is 7.75. The van der Waals surface area contributed by atoms with Crippen molar-refractivity contribution in [2.24, 2.45) is 0 Å². The van der Waals surface area contributed by atoms with Crippen molar-refractivity contribution in [2.45, 2.75) is 19.4 Å². The van der Waals surface area contributed by atoms with Gasteiger partial charge in [-0.1, -0.05) is 24.3 Å². The molecule has 0 aromatic heterocycles. The van der Waals surface area contributed by atoms with E-state index in [1.54, 1.807) is 12.1 Å². The molecule has 3 rings (SSSR count). The van der Waals surface area contributed by atoms with E-state index in [9.17, 15) is 9.18 Å². The number of carbonyl (C=O) groups is 1. The van der Waals surface area contributed by atoms with Crippen LogP contribution in [-0.2, 0) is 13.0 Å². The fourth-order valence-corrected chi connectivity index (χ4v) is 3.11. The van der Waals surface area contributed by atoms with Crippen LogP contribution >= 0.6 is 15.9 Å². The predicted octanol–water partition coefficient (Wildman–Crippen LogP) is 4.18. The zero-order chi connectivity index (χ0) is 14.8. The summed E-state index contributed by atoms with van der Waals surface area (Å²) in [6.07, 6.45) is 1.87. The van der Waals surface area contributed by atoms with Crippen LogP contribution in [0, 0.1) is 5.82 Å². The molecule has 1 aliphatic heterocycles. The molecule has 0 unspecified atom stereocenters. The molecular formula is C17H15BrFNO. The third-order valence-corrected chi connectivity index (χ3v) is 4.37. The van der Waals surface area contributed by atoms with Gasteiger partial charge >= 0.3 is 0 Å². The average molecular weight is 348 g/mol. The highest BCUT2D eigenvalue weighted by atomic mass is 79.9. The van der Waals surface area contributed by atoms with E-state index in [4.69, 9.17) is 0 Å². The lowest BCUT2D eigenvalue weighted by Crippen LogP contribution is -2.30. The Bertz CT molecular complexity index is 686. The van der Waals surface area contributed by atoms with Crippen LogP contribution in [0.1, 0.15) is 27.9 Å². The van der Waals surface area contributed by atoms with Gasteiger partial charge in [0.25, 0.3) is 5.91 Å². The average Bonchev–Trinajstić information content (AvgIpc) is 2.64. The van der Waals surface area contributed by atoms with Crippen molar-refractivity contribution in [3.8, 4) is 0 Å². The summed E-state index contributed by atoms with van der Waals surface area (Å²) in [6, 6.07) is 12.7. The van der Waals surface area contributed by atoms with Gasteiger partial charge in [0, 0.05) is 18.7 Å². The molecule has 0 spiro atoms. The second-order valence-corrected chi connectivity index (χ2v) is 6.09. The molecule has 1 aliphatic rings. The van der Waals surface area contributed by atoms with E-state index >= 15 is 0 Å². The van der Waals surface area contributed by atoms with Gasteiger partial charge in [0.1, 0.15) is 5.82 Å². The Kier molecular flexibility index (Phi) is 4.06. The molecule has 1 heterocycles. The molecular weight excluding hydrogens is 333 g/mol. The molecule has 0 bridgehead atoms. The Morgan fingerprint density at radius 3 is 2.81 bits per heavy atom. The molecule has 1 amide bonds. The van der Waals surface area contributed by atoms with E-state index in [0.29, 0.717) is 11.0 Å². The maximum Gasteiger partial charge on any atom is 0.254 e. The highest BCUT2D eigenvalue weighted by Gasteiger charge is 2.22. The van der Waals surface area contributed by atoms with Crippen LogP contribution in [0.15, 0.2) is 46.9 Å². The maximum atomic E-state index is 13.3. The number of rotatable bonds is 2. The Morgan fingerprint density at radius 2 is 2.00 bits per heavy atom. The zero-order valence-corrected chi connectivity index (χ0v) is 13.1. The molecule has 4 heteroatoms. The van der Waals surface area contributed by atoms with Gasteiger partial charge < -0.3 is 4.90 Å². The molecule has 0 saturated carbocycles. The van der Waals surface area contributed by atoms with E-state index in [0.717, 1.165) is 36.1 Å².